The maximum Gasteiger partial charge on any atom is 0.316 e. The van der Waals surface area contributed by atoms with Gasteiger partial charge in [0.1, 0.15) is 11.7 Å². The fourth-order valence-electron chi connectivity index (χ4n) is 3.09. The van der Waals surface area contributed by atoms with Gasteiger partial charge in [0, 0.05) is 12.3 Å². The number of carbonyl (C=O) groups is 2. The van der Waals surface area contributed by atoms with Crippen LogP contribution in [-0.4, -0.2) is 29.6 Å². The van der Waals surface area contributed by atoms with E-state index >= 15 is 0 Å². The van der Waals surface area contributed by atoms with Crippen LogP contribution in [0.2, 0.25) is 0 Å². The van der Waals surface area contributed by atoms with Crippen molar-refractivity contribution < 1.29 is 23.8 Å². The van der Waals surface area contributed by atoms with Gasteiger partial charge in [-0.05, 0) is 30.0 Å². The molecule has 0 amide bonds. The fraction of sp³-hybridized carbons (Fsp3) is 0.529. The number of carbonyl (C=O) groups excluding carboxylic acids is 2. The summed E-state index contributed by atoms with van der Waals surface area (Å²) in [7, 11) is 1.24. The number of hydrogen-bond acceptors (Lipinski definition) is 4. The van der Waals surface area contributed by atoms with Crippen molar-refractivity contribution in [2.45, 2.75) is 38.2 Å². The average molecular weight is 308 g/mol. The van der Waals surface area contributed by atoms with Crippen LogP contribution in [0.4, 0.5) is 4.39 Å². The third-order valence-corrected chi connectivity index (χ3v) is 4.63. The lowest BCUT2D eigenvalue weighted by molar-refractivity contribution is -0.157. The molecule has 0 aliphatic heterocycles. The minimum atomic E-state index is -1.17. The molecule has 0 spiro atoms. The van der Waals surface area contributed by atoms with E-state index in [1.807, 2.05) is 13.8 Å². The number of benzene rings is 1. The van der Waals surface area contributed by atoms with E-state index in [4.69, 9.17) is 4.74 Å². The second-order valence-electron chi connectivity index (χ2n) is 6.26. The van der Waals surface area contributed by atoms with E-state index in [0.29, 0.717) is 5.56 Å². The standard InChI is InChI=1S/C17H21FO4/c1-10(2)17(21)8-13(11-4-6-12(18)7-5-11)15(14(19)9-17)16(20)22-3/h4-7,10,13,15,21H,8-9H2,1-3H3. The maximum atomic E-state index is 13.1. The summed E-state index contributed by atoms with van der Waals surface area (Å²) in [6.07, 6.45) is 0.198. The van der Waals surface area contributed by atoms with E-state index in [9.17, 15) is 19.1 Å². The molecule has 1 aromatic rings. The maximum absolute atomic E-state index is 13.1. The third-order valence-electron chi connectivity index (χ3n) is 4.63. The number of hydrogen-bond donors (Lipinski definition) is 1. The highest BCUT2D eigenvalue weighted by Crippen LogP contribution is 2.44. The molecule has 4 nitrogen and oxygen atoms in total. The van der Waals surface area contributed by atoms with Crippen molar-refractivity contribution in [1.82, 2.24) is 0 Å². The summed E-state index contributed by atoms with van der Waals surface area (Å²) in [5.74, 6) is -2.91. The van der Waals surface area contributed by atoms with Gasteiger partial charge in [-0.3, -0.25) is 9.59 Å². The lowest BCUT2D eigenvalue weighted by Gasteiger charge is -2.42. The van der Waals surface area contributed by atoms with Gasteiger partial charge in [-0.2, -0.15) is 0 Å². The highest BCUT2D eigenvalue weighted by Gasteiger charge is 2.49. The van der Waals surface area contributed by atoms with Crippen molar-refractivity contribution in [2.75, 3.05) is 7.11 Å². The molecule has 1 N–H and O–H groups in total. The summed E-state index contributed by atoms with van der Waals surface area (Å²) >= 11 is 0. The molecule has 5 heteroatoms. The Morgan fingerprint density at radius 2 is 1.95 bits per heavy atom. The minimum Gasteiger partial charge on any atom is -0.468 e. The van der Waals surface area contributed by atoms with Gasteiger partial charge in [0.05, 0.1) is 12.7 Å². The van der Waals surface area contributed by atoms with Crippen LogP contribution in [-0.2, 0) is 14.3 Å². The molecule has 1 fully saturated rings. The van der Waals surface area contributed by atoms with Crippen LogP contribution in [0.15, 0.2) is 24.3 Å². The molecule has 3 atom stereocenters. The van der Waals surface area contributed by atoms with Gasteiger partial charge >= 0.3 is 5.97 Å². The number of Topliss-reactive ketones (excluding diaryl/α,β-unsaturated/α-hetero) is 1. The van der Waals surface area contributed by atoms with Crippen LogP contribution in [0.5, 0.6) is 0 Å². The Balaban J connectivity index is 2.43. The Morgan fingerprint density at radius 1 is 1.36 bits per heavy atom. The SMILES string of the molecule is COC(=O)C1C(=O)CC(O)(C(C)C)CC1c1ccc(F)cc1. The molecule has 120 valence electrons. The van der Waals surface area contributed by atoms with Gasteiger partial charge in [-0.1, -0.05) is 26.0 Å². The van der Waals surface area contributed by atoms with Crippen molar-refractivity contribution in [3.63, 3.8) is 0 Å². The first kappa shape index (κ1) is 16.6. The number of rotatable bonds is 3. The first-order chi connectivity index (χ1) is 10.3. The topological polar surface area (TPSA) is 63.6 Å². The predicted octanol–water partition coefficient (Wildman–Crippen LogP) is 2.45. The zero-order valence-electron chi connectivity index (χ0n) is 13.0. The summed E-state index contributed by atoms with van der Waals surface area (Å²) in [4.78, 5) is 24.4. The lowest BCUT2D eigenvalue weighted by atomic mass is 9.65. The highest BCUT2D eigenvalue weighted by atomic mass is 19.1. The van der Waals surface area contributed by atoms with Crippen LogP contribution in [0.3, 0.4) is 0 Å². The normalized spacial score (nSPS) is 28.7. The molecular weight excluding hydrogens is 287 g/mol. The van der Waals surface area contributed by atoms with Crippen LogP contribution < -0.4 is 0 Å². The van der Waals surface area contributed by atoms with Crippen LogP contribution in [0.1, 0.15) is 38.2 Å². The quantitative estimate of drug-likeness (QED) is 0.688. The highest BCUT2D eigenvalue weighted by molar-refractivity contribution is 6.01. The predicted molar refractivity (Wildman–Crippen MR) is 78.7 cm³/mol. The largest absolute Gasteiger partial charge is 0.468 e. The number of aliphatic hydroxyl groups is 1. The minimum absolute atomic E-state index is 0.0673. The zero-order chi connectivity index (χ0) is 16.5. The first-order valence-electron chi connectivity index (χ1n) is 7.37. The van der Waals surface area contributed by atoms with E-state index in [0.717, 1.165) is 0 Å². The Bertz CT molecular complexity index is 567. The van der Waals surface area contributed by atoms with E-state index < -0.39 is 23.4 Å². The summed E-state index contributed by atoms with van der Waals surface area (Å²) in [5.41, 5.74) is -0.510. The second kappa shape index (κ2) is 6.16. The van der Waals surface area contributed by atoms with Crippen LogP contribution in [0.25, 0.3) is 0 Å². The summed E-state index contributed by atoms with van der Waals surface area (Å²) in [6.45, 7) is 3.68. The number of halogens is 1. The summed E-state index contributed by atoms with van der Waals surface area (Å²) in [5, 5.41) is 10.7. The van der Waals surface area contributed by atoms with E-state index in [1.54, 1.807) is 12.1 Å². The summed E-state index contributed by atoms with van der Waals surface area (Å²) in [6, 6.07) is 5.68. The Morgan fingerprint density at radius 3 is 2.45 bits per heavy atom. The molecule has 3 unspecified atom stereocenters. The molecule has 2 rings (SSSR count). The first-order valence-corrected chi connectivity index (χ1v) is 7.37. The van der Waals surface area contributed by atoms with Gasteiger partial charge in [0.25, 0.3) is 0 Å². The van der Waals surface area contributed by atoms with Gasteiger partial charge in [0.15, 0.2) is 5.78 Å². The molecule has 1 aromatic carbocycles. The molecule has 1 aliphatic rings. The molecule has 0 radical (unpaired) electrons. The second-order valence-corrected chi connectivity index (χ2v) is 6.26. The molecule has 0 bridgehead atoms. The van der Waals surface area contributed by atoms with E-state index in [2.05, 4.69) is 0 Å². The van der Waals surface area contributed by atoms with Crippen molar-refractivity contribution in [3.05, 3.63) is 35.6 Å². The number of ketones is 1. The van der Waals surface area contributed by atoms with Crippen LogP contribution in [0, 0.1) is 17.7 Å². The van der Waals surface area contributed by atoms with Crippen molar-refractivity contribution in [2.24, 2.45) is 11.8 Å². The number of esters is 1. The number of methoxy groups -OCH3 is 1. The third kappa shape index (κ3) is 3.04. The molecule has 0 heterocycles. The molecule has 1 saturated carbocycles. The zero-order valence-corrected chi connectivity index (χ0v) is 13.0. The van der Waals surface area contributed by atoms with E-state index in [1.165, 1.54) is 19.2 Å². The smallest absolute Gasteiger partial charge is 0.316 e. The van der Waals surface area contributed by atoms with Crippen molar-refractivity contribution in [3.8, 4) is 0 Å². The van der Waals surface area contributed by atoms with E-state index in [-0.39, 0.29) is 30.4 Å². The number of ether oxygens (including phenoxy) is 1. The summed E-state index contributed by atoms with van der Waals surface area (Å²) < 4.78 is 17.9. The molecular formula is C17H21FO4. The monoisotopic (exact) mass is 308 g/mol. The average Bonchev–Trinajstić information content (AvgIpc) is 2.46. The van der Waals surface area contributed by atoms with Gasteiger partial charge in [0.2, 0.25) is 0 Å². The van der Waals surface area contributed by atoms with Gasteiger partial charge in [-0.15, -0.1) is 0 Å². The molecule has 22 heavy (non-hydrogen) atoms. The van der Waals surface area contributed by atoms with Crippen molar-refractivity contribution in [1.29, 1.82) is 0 Å². The Labute approximate surface area is 129 Å². The fourth-order valence-corrected chi connectivity index (χ4v) is 3.09. The van der Waals surface area contributed by atoms with Crippen molar-refractivity contribution >= 4 is 11.8 Å². The lowest BCUT2D eigenvalue weighted by Crippen LogP contribution is -2.49. The Hall–Kier alpha value is -1.75. The molecule has 0 aromatic heterocycles. The van der Waals surface area contributed by atoms with Gasteiger partial charge < -0.3 is 9.84 Å². The molecule has 1 aliphatic carbocycles. The van der Waals surface area contributed by atoms with Gasteiger partial charge in [-0.25, -0.2) is 4.39 Å². The molecule has 0 saturated heterocycles. The Kier molecular flexibility index (Phi) is 4.66. The van der Waals surface area contributed by atoms with Crippen LogP contribution >= 0.6 is 0 Å².